The van der Waals surface area contributed by atoms with Crippen LogP contribution in [0, 0.1) is 0 Å². The largest absolute Gasteiger partial charge is 0.465 e. The third kappa shape index (κ3) is 6.37. The highest BCUT2D eigenvalue weighted by Crippen LogP contribution is 2.17. The molecule has 28 heavy (non-hydrogen) atoms. The van der Waals surface area contributed by atoms with Gasteiger partial charge in [0.1, 0.15) is 18.2 Å². The topological polar surface area (TPSA) is 97.3 Å². The molecule has 0 unspecified atom stereocenters. The number of nitrogens with zero attached hydrogens (tertiary/aromatic N) is 2. The van der Waals surface area contributed by atoms with E-state index >= 15 is 0 Å². The number of hydrogen-bond donors (Lipinski definition) is 1. The maximum Gasteiger partial charge on any atom is 0.408 e. The Morgan fingerprint density at radius 2 is 1.93 bits per heavy atom. The summed E-state index contributed by atoms with van der Waals surface area (Å²) in [6.07, 6.45) is 0.103. The molecule has 0 aliphatic carbocycles. The number of alkyl carbamates (subject to hydrolysis) is 1. The van der Waals surface area contributed by atoms with Gasteiger partial charge < -0.3 is 14.8 Å². The number of hydrogen-bond acceptors (Lipinski definition) is 6. The molecule has 0 fully saturated rings. The summed E-state index contributed by atoms with van der Waals surface area (Å²) in [4.78, 5) is 37.0. The summed E-state index contributed by atoms with van der Waals surface area (Å²) in [5, 5.41) is 8.05. The van der Waals surface area contributed by atoms with Gasteiger partial charge in [0.25, 0.3) is 5.91 Å². The second-order valence-corrected chi connectivity index (χ2v) is 7.35. The second-order valence-electron chi connectivity index (χ2n) is 7.35. The van der Waals surface area contributed by atoms with E-state index in [0.717, 1.165) is 10.6 Å². The van der Waals surface area contributed by atoms with E-state index in [9.17, 15) is 14.4 Å². The molecule has 0 aromatic heterocycles. The molecule has 2 rings (SSSR count). The monoisotopic (exact) mass is 389 g/mol. The van der Waals surface area contributed by atoms with E-state index in [1.54, 1.807) is 27.7 Å². The summed E-state index contributed by atoms with van der Waals surface area (Å²) in [5.74, 6) is -1.05. The van der Waals surface area contributed by atoms with Crippen LogP contribution in [0.3, 0.4) is 0 Å². The van der Waals surface area contributed by atoms with E-state index in [-0.39, 0.29) is 13.2 Å². The fraction of sp³-hybridized carbons (Fsp3) is 0.500. The molecule has 0 spiro atoms. The van der Waals surface area contributed by atoms with Crippen molar-refractivity contribution in [1.82, 2.24) is 10.3 Å². The molecular weight excluding hydrogens is 362 g/mol. The summed E-state index contributed by atoms with van der Waals surface area (Å²) >= 11 is 0. The third-order valence-electron chi connectivity index (χ3n) is 3.85. The van der Waals surface area contributed by atoms with Crippen LogP contribution in [-0.2, 0) is 19.1 Å². The van der Waals surface area contributed by atoms with Gasteiger partial charge in [0.2, 0.25) is 0 Å². The minimum atomic E-state index is -0.853. The Labute approximate surface area is 164 Å². The van der Waals surface area contributed by atoms with Crippen LogP contribution in [0.25, 0.3) is 0 Å². The van der Waals surface area contributed by atoms with E-state index in [1.165, 1.54) is 0 Å². The Balaban J connectivity index is 2.23. The SMILES string of the molecule is CCOC(=O)CN1N=C(c2ccccc2)CC[C@H](NC(=O)OC(C)(C)C)C1=O. The van der Waals surface area contributed by atoms with E-state index in [4.69, 9.17) is 9.47 Å². The first kappa shape index (κ1) is 21.4. The summed E-state index contributed by atoms with van der Waals surface area (Å²) in [5.41, 5.74) is 0.822. The van der Waals surface area contributed by atoms with Crippen molar-refractivity contribution in [3.63, 3.8) is 0 Å². The number of esters is 1. The van der Waals surface area contributed by atoms with Crippen LogP contribution < -0.4 is 5.32 Å². The molecule has 1 aliphatic rings. The lowest BCUT2D eigenvalue weighted by Crippen LogP contribution is -2.48. The highest BCUT2D eigenvalue weighted by atomic mass is 16.6. The molecular formula is C20H27N3O5. The number of carbonyl (C=O) groups is 3. The van der Waals surface area contributed by atoms with Crippen molar-refractivity contribution in [2.24, 2.45) is 5.10 Å². The van der Waals surface area contributed by atoms with E-state index in [1.807, 2.05) is 30.3 Å². The normalized spacial score (nSPS) is 17.4. The molecule has 152 valence electrons. The standard InChI is InChI=1S/C20H27N3O5/c1-5-27-17(24)13-23-18(25)16(21-19(26)28-20(2,3)4)12-11-15(22-23)14-9-7-6-8-10-14/h6-10,16H,5,11-13H2,1-4H3,(H,21,26)/t16-/m0/s1. The first-order chi connectivity index (χ1) is 13.2. The van der Waals surface area contributed by atoms with Crippen LogP contribution >= 0.6 is 0 Å². The van der Waals surface area contributed by atoms with Crippen LogP contribution in [0.2, 0.25) is 0 Å². The lowest BCUT2D eigenvalue weighted by atomic mass is 10.0. The number of rotatable bonds is 5. The number of amides is 2. The Kier molecular flexibility index (Phi) is 7.14. The minimum Gasteiger partial charge on any atom is -0.465 e. The van der Waals surface area contributed by atoms with Gasteiger partial charge >= 0.3 is 12.1 Å². The number of ether oxygens (including phenoxy) is 2. The smallest absolute Gasteiger partial charge is 0.408 e. The Bertz CT molecular complexity index is 740. The minimum absolute atomic E-state index is 0.204. The molecule has 1 aromatic carbocycles. The van der Waals surface area contributed by atoms with Gasteiger partial charge in [-0.1, -0.05) is 30.3 Å². The molecule has 8 nitrogen and oxygen atoms in total. The van der Waals surface area contributed by atoms with Crippen LogP contribution in [0.15, 0.2) is 35.4 Å². The van der Waals surface area contributed by atoms with Crippen LogP contribution in [0.1, 0.15) is 46.1 Å². The molecule has 2 amide bonds. The molecule has 1 atom stereocenters. The van der Waals surface area contributed by atoms with Gasteiger partial charge in [-0.2, -0.15) is 5.10 Å². The molecule has 0 bridgehead atoms. The van der Waals surface area contributed by atoms with E-state index in [2.05, 4.69) is 10.4 Å². The molecule has 0 saturated heterocycles. The maximum atomic E-state index is 12.9. The molecule has 1 aromatic rings. The number of carbonyl (C=O) groups excluding carboxylic acids is 3. The maximum absolute atomic E-state index is 12.9. The summed E-state index contributed by atoms with van der Waals surface area (Å²) in [6.45, 7) is 6.79. The Morgan fingerprint density at radius 3 is 2.54 bits per heavy atom. The molecule has 1 N–H and O–H groups in total. The van der Waals surface area contributed by atoms with Gasteiger partial charge in [0.05, 0.1) is 12.3 Å². The van der Waals surface area contributed by atoms with Crippen LogP contribution in [-0.4, -0.2) is 53.5 Å². The summed E-state index contributed by atoms with van der Waals surface area (Å²) in [6, 6.07) is 8.54. The lowest BCUT2D eigenvalue weighted by molar-refractivity contribution is -0.149. The highest BCUT2D eigenvalue weighted by Gasteiger charge is 2.32. The van der Waals surface area contributed by atoms with Crippen LogP contribution in [0.4, 0.5) is 4.79 Å². The van der Waals surface area contributed by atoms with E-state index < -0.39 is 29.6 Å². The third-order valence-corrected chi connectivity index (χ3v) is 3.85. The van der Waals surface area contributed by atoms with Crippen LogP contribution in [0.5, 0.6) is 0 Å². The molecule has 0 radical (unpaired) electrons. The van der Waals surface area contributed by atoms with Gasteiger partial charge in [0, 0.05) is 0 Å². The van der Waals surface area contributed by atoms with Gasteiger partial charge in [-0.25, -0.2) is 9.80 Å². The lowest BCUT2D eigenvalue weighted by Gasteiger charge is -2.24. The average molecular weight is 389 g/mol. The predicted octanol–water partition coefficient (Wildman–Crippen LogP) is 2.47. The van der Waals surface area contributed by atoms with Crippen molar-refractivity contribution in [1.29, 1.82) is 0 Å². The van der Waals surface area contributed by atoms with Crippen molar-refractivity contribution in [2.45, 2.75) is 52.2 Å². The van der Waals surface area contributed by atoms with Gasteiger partial charge in [-0.05, 0) is 46.1 Å². The van der Waals surface area contributed by atoms with Crippen molar-refractivity contribution in [2.75, 3.05) is 13.2 Å². The zero-order valence-corrected chi connectivity index (χ0v) is 16.7. The first-order valence-electron chi connectivity index (χ1n) is 9.29. The summed E-state index contributed by atoms with van der Waals surface area (Å²) in [7, 11) is 0. The number of hydrazone groups is 1. The van der Waals surface area contributed by atoms with Crippen molar-refractivity contribution < 1.29 is 23.9 Å². The van der Waals surface area contributed by atoms with Crippen molar-refractivity contribution in [3.8, 4) is 0 Å². The predicted molar refractivity (Wildman–Crippen MR) is 104 cm³/mol. The van der Waals surface area contributed by atoms with E-state index in [0.29, 0.717) is 18.6 Å². The zero-order valence-electron chi connectivity index (χ0n) is 16.7. The fourth-order valence-electron chi connectivity index (χ4n) is 2.69. The Morgan fingerprint density at radius 1 is 1.25 bits per heavy atom. The zero-order chi connectivity index (χ0) is 20.7. The quantitative estimate of drug-likeness (QED) is 0.780. The molecule has 1 aliphatic heterocycles. The van der Waals surface area contributed by atoms with Gasteiger partial charge in [-0.3, -0.25) is 9.59 Å². The molecule has 1 heterocycles. The summed E-state index contributed by atoms with van der Waals surface area (Å²) < 4.78 is 10.2. The Hall–Kier alpha value is -2.90. The van der Waals surface area contributed by atoms with Crippen molar-refractivity contribution in [3.05, 3.63) is 35.9 Å². The fourth-order valence-corrected chi connectivity index (χ4v) is 2.69. The average Bonchev–Trinajstić information content (AvgIpc) is 2.75. The molecule has 8 heteroatoms. The number of benzene rings is 1. The molecule has 0 saturated carbocycles. The van der Waals surface area contributed by atoms with Gasteiger partial charge in [-0.15, -0.1) is 0 Å². The van der Waals surface area contributed by atoms with Gasteiger partial charge in [0.15, 0.2) is 0 Å². The highest BCUT2D eigenvalue weighted by molar-refractivity contribution is 6.03. The second kappa shape index (κ2) is 9.34. The van der Waals surface area contributed by atoms with Crippen molar-refractivity contribution >= 4 is 23.7 Å². The first-order valence-corrected chi connectivity index (χ1v) is 9.29. The number of nitrogens with one attached hydrogen (secondary N) is 1.